The van der Waals surface area contributed by atoms with Crippen LogP contribution in [0.1, 0.15) is 38.7 Å². The maximum Gasteiger partial charge on any atom is 0.191 e. The summed E-state index contributed by atoms with van der Waals surface area (Å²) in [5, 5.41) is 2.61. The Morgan fingerprint density at radius 1 is 1.07 bits per heavy atom. The molecule has 0 N–H and O–H groups in total. The van der Waals surface area contributed by atoms with Crippen LogP contribution in [0.4, 0.5) is 5.69 Å². The molecular formula is C23H26ClN3S2. The summed E-state index contributed by atoms with van der Waals surface area (Å²) >= 11 is 13.6. The second-order valence-corrected chi connectivity index (χ2v) is 8.60. The molecule has 0 saturated carbocycles. The van der Waals surface area contributed by atoms with Crippen LogP contribution in [0.3, 0.4) is 0 Å². The number of para-hydroxylation sites is 1. The third-order valence-corrected chi connectivity index (χ3v) is 6.30. The molecule has 0 atom stereocenters. The van der Waals surface area contributed by atoms with Crippen molar-refractivity contribution < 1.29 is 0 Å². The third-order valence-electron chi connectivity index (χ3n) is 4.46. The van der Waals surface area contributed by atoms with Gasteiger partial charge in [0, 0.05) is 35.7 Å². The lowest BCUT2D eigenvalue weighted by molar-refractivity contribution is 0.666. The van der Waals surface area contributed by atoms with Crippen molar-refractivity contribution in [2.45, 2.75) is 33.1 Å². The number of thiocarbonyl (C=S) groups is 1. The predicted molar refractivity (Wildman–Crippen MR) is 132 cm³/mol. The number of anilines is 1. The lowest BCUT2D eigenvalue weighted by Gasteiger charge is -2.20. The van der Waals surface area contributed by atoms with Gasteiger partial charge in [0.05, 0.1) is 5.71 Å². The molecule has 152 valence electrons. The van der Waals surface area contributed by atoms with E-state index in [1.54, 1.807) is 11.9 Å². The van der Waals surface area contributed by atoms with E-state index in [-0.39, 0.29) is 0 Å². The molecule has 0 aromatic heterocycles. The largest absolute Gasteiger partial charge is 0.287 e. The van der Waals surface area contributed by atoms with Crippen molar-refractivity contribution in [3.63, 3.8) is 0 Å². The van der Waals surface area contributed by atoms with Crippen LogP contribution in [0.15, 0.2) is 70.7 Å². The number of nitrogens with zero attached hydrogens (tertiary/aromatic N) is 3. The first-order valence-electron chi connectivity index (χ1n) is 10.0. The fraction of sp³-hybridized carbons (Fsp3) is 0.304. The van der Waals surface area contributed by atoms with Crippen molar-refractivity contribution in [1.29, 1.82) is 0 Å². The summed E-state index contributed by atoms with van der Waals surface area (Å²) < 4.78 is 2.18. The minimum absolute atomic E-state index is 0.728. The first-order valence-corrected chi connectivity index (χ1v) is 11.6. The maximum atomic E-state index is 6.10. The van der Waals surface area contributed by atoms with E-state index < -0.39 is 0 Å². The molecule has 0 radical (unpaired) electrons. The topological polar surface area (TPSA) is 18.8 Å². The molecule has 1 aliphatic heterocycles. The molecular weight excluding hydrogens is 418 g/mol. The van der Waals surface area contributed by atoms with Crippen LogP contribution in [-0.2, 0) is 0 Å². The molecule has 0 aliphatic carbocycles. The molecule has 0 bridgehead atoms. The van der Waals surface area contributed by atoms with Gasteiger partial charge in [0.15, 0.2) is 5.11 Å². The monoisotopic (exact) mass is 443 g/mol. The van der Waals surface area contributed by atoms with Crippen molar-refractivity contribution in [2.24, 2.45) is 4.99 Å². The van der Waals surface area contributed by atoms with Crippen LogP contribution >= 0.6 is 35.8 Å². The van der Waals surface area contributed by atoms with Gasteiger partial charge in [-0.05, 0) is 61.0 Å². The number of hydrogen-bond donors (Lipinski definition) is 0. The lowest BCUT2D eigenvalue weighted by Crippen LogP contribution is -2.30. The highest BCUT2D eigenvalue weighted by Crippen LogP contribution is 2.38. The molecule has 1 heterocycles. The van der Waals surface area contributed by atoms with Crippen LogP contribution < -0.4 is 4.90 Å². The fourth-order valence-electron chi connectivity index (χ4n) is 2.96. The van der Waals surface area contributed by atoms with Crippen LogP contribution in [0.2, 0.25) is 5.02 Å². The van der Waals surface area contributed by atoms with Crippen molar-refractivity contribution in [3.05, 3.63) is 76.3 Å². The zero-order chi connectivity index (χ0) is 20.6. The Morgan fingerprint density at radius 2 is 1.79 bits per heavy atom. The zero-order valence-electron chi connectivity index (χ0n) is 16.8. The summed E-state index contributed by atoms with van der Waals surface area (Å²) in [6, 6.07) is 18.2. The SMILES string of the molecule is CCCCN=C(/C=C1\SN(CCC)C(=S)N1c1ccccc1)c1ccc(Cl)cc1. The number of allylic oxidation sites excluding steroid dienone is 1. The van der Waals surface area contributed by atoms with Gasteiger partial charge in [-0.15, -0.1) is 0 Å². The van der Waals surface area contributed by atoms with E-state index in [0.29, 0.717) is 0 Å². The molecule has 2 aromatic carbocycles. The molecule has 3 nitrogen and oxygen atoms in total. The van der Waals surface area contributed by atoms with Gasteiger partial charge in [-0.2, -0.15) is 0 Å². The summed E-state index contributed by atoms with van der Waals surface area (Å²) in [4.78, 5) is 7.04. The van der Waals surface area contributed by atoms with Crippen LogP contribution in [0.5, 0.6) is 0 Å². The number of benzene rings is 2. The van der Waals surface area contributed by atoms with Gasteiger partial charge in [0.25, 0.3) is 0 Å². The van der Waals surface area contributed by atoms with E-state index in [0.717, 1.165) is 64.5 Å². The number of hydrogen-bond acceptors (Lipinski definition) is 3. The molecule has 0 amide bonds. The number of unbranched alkanes of at least 4 members (excludes halogenated alkanes) is 1. The Balaban J connectivity index is 2.01. The van der Waals surface area contributed by atoms with Gasteiger partial charge < -0.3 is 0 Å². The molecule has 1 aliphatic rings. The second kappa shape index (κ2) is 10.8. The molecule has 0 spiro atoms. The van der Waals surface area contributed by atoms with Gasteiger partial charge in [0.1, 0.15) is 5.03 Å². The highest BCUT2D eigenvalue weighted by atomic mass is 35.5. The van der Waals surface area contributed by atoms with Crippen molar-refractivity contribution in [2.75, 3.05) is 18.0 Å². The average Bonchev–Trinajstić information content (AvgIpc) is 3.04. The summed E-state index contributed by atoms with van der Waals surface area (Å²) in [5.41, 5.74) is 3.09. The Morgan fingerprint density at radius 3 is 2.45 bits per heavy atom. The standard InChI is InChI=1S/C23H26ClN3S2/c1-3-5-15-25-21(18-11-13-19(24)14-12-18)17-22-27(20-9-7-6-8-10-20)23(28)26(29-22)16-4-2/h6-14,17H,3-5,15-16H2,1-2H3/b22-17-,25-21?. The van der Waals surface area contributed by atoms with E-state index in [9.17, 15) is 0 Å². The average molecular weight is 444 g/mol. The smallest absolute Gasteiger partial charge is 0.191 e. The van der Waals surface area contributed by atoms with E-state index in [4.69, 9.17) is 28.8 Å². The minimum Gasteiger partial charge on any atom is -0.287 e. The van der Waals surface area contributed by atoms with Crippen molar-refractivity contribution >= 4 is 52.3 Å². The van der Waals surface area contributed by atoms with E-state index in [1.807, 2.05) is 42.5 Å². The predicted octanol–water partition coefficient (Wildman–Crippen LogP) is 6.94. The fourth-order valence-corrected chi connectivity index (χ4v) is 4.65. The van der Waals surface area contributed by atoms with Crippen LogP contribution in [0, 0.1) is 0 Å². The molecule has 1 fully saturated rings. The van der Waals surface area contributed by atoms with Crippen LogP contribution in [-0.4, -0.2) is 28.2 Å². The van der Waals surface area contributed by atoms with Gasteiger partial charge in [-0.25, -0.2) is 0 Å². The molecule has 6 heteroatoms. The Bertz CT molecular complexity index is 879. The Hall–Kier alpha value is -1.82. The summed E-state index contributed by atoms with van der Waals surface area (Å²) in [7, 11) is 0. The Kier molecular flexibility index (Phi) is 8.16. The van der Waals surface area contributed by atoms with E-state index in [1.165, 1.54) is 0 Å². The first-order chi connectivity index (χ1) is 14.1. The summed E-state index contributed by atoms with van der Waals surface area (Å²) in [6.45, 7) is 6.06. The number of halogens is 1. The highest BCUT2D eigenvalue weighted by molar-refractivity contribution is 8.03. The lowest BCUT2D eigenvalue weighted by atomic mass is 10.1. The summed E-state index contributed by atoms with van der Waals surface area (Å²) in [5.74, 6) is 0. The van der Waals surface area contributed by atoms with Gasteiger partial charge in [-0.1, -0.05) is 62.2 Å². The van der Waals surface area contributed by atoms with E-state index >= 15 is 0 Å². The zero-order valence-corrected chi connectivity index (χ0v) is 19.2. The normalized spacial score (nSPS) is 16.2. The van der Waals surface area contributed by atoms with Gasteiger partial charge in [-0.3, -0.25) is 14.2 Å². The molecule has 2 aromatic rings. The molecule has 3 rings (SSSR count). The Labute approximate surface area is 188 Å². The second-order valence-electron chi connectivity index (χ2n) is 6.76. The van der Waals surface area contributed by atoms with Gasteiger partial charge in [0.2, 0.25) is 0 Å². The quantitative estimate of drug-likeness (QED) is 0.190. The van der Waals surface area contributed by atoms with Crippen molar-refractivity contribution in [3.8, 4) is 0 Å². The molecule has 29 heavy (non-hydrogen) atoms. The minimum atomic E-state index is 0.728. The highest BCUT2D eigenvalue weighted by Gasteiger charge is 2.32. The molecule has 1 saturated heterocycles. The van der Waals surface area contributed by atoms with E-state index in [2.05, 4.69) is 41.3 Å². The maximum absolute atomic E-state index is 6.10. The number of rotatable bonds is 8. The summed E-state index contributed by atoms with van der Waals surface area (Å²) in [6.07, 6.45) is 5.37. The van der Waals surface area contributed by atoms with Gasteiger partial charge >= 0.3 is 0 Å². The third kappa shape index (κ3) is 5.62. The van der Waals surface area contributed by atoms with Crippen LogP contribution in [0.25, 0.3) is 0 Å². The first kappa shape index (κ1) is 21.9. The molecule has 0 unspecified atom stereocenters. The number of aliphatic imine (C=N–C) groups is 1. The van der Waals surface area contributed by atoms with Crippen molar-refractivity contribution in [1.82, 2.24) is 4.31 Å².